The summed E-state index contributed by atoms with van der Waals surface area (Å²) in [7, 11) is 0. The molecule has 10 rings (SSSR count). The first-order chi connectivity index (χ1) is 33.6. The average molecular weight is 984 g/mol. The topological polar surface area (TPSA) is 181 Å². The number of hydrogen-bond acceptors (Lipinski definition) is 15. The van der Waals surface area contributed by atoms with E-state index in [2.05, 4.69) is 57.7 Å². The number of nitrogen functional groups attached to an aromatic ring is 1. The number of hydrogen-bond donors (Lipinski definition) is 3. The molecule has 5 aliphatic heterocycles. The van der Waals surface area contributed by atoms with E-state index in [1.807, 2.05) is 24.8 Å². The van der Waals surface area contributed by atoms with Gasteiger partial charge in [-0.15, -0.1) is 11.3 Å². The number of phenols is 2. The van der Waals surface area contributed by atoms with E-state index in [-0.39, 0.29) is 52.1 Å². The predicted octanol–water partition coefficient (Wildman–Crippen LogP) is 6.30. The molecule has 372 valence electrons. The quantitative estimate of drug-likeness (QED) is 0.142. The van der Waals surface area contributed by atoms with Crippen LogP contribution in [-0.4, -0.2) is 151 Å². The van der Waals surface area contributed by atoms with Crippen molar-refractivity contribution in [1.82, 2.24) is 44.4 Å². The molecule has 2 aromatic carbocycles. The second-order valence-electron chi connectivity index (χ2n) is 19.7. The van der Waals surface area contributed by atoms with E-state index >= 15 is 0 Å². The zero-order valence-electron chi connectivity index (χ0n) is 39.6. The smallest absolute Gasteiger partial charge is 0.434 e. The number of nitrogens with two attached hydrogens (primary N) is 1. The predicted molar refractivity (Wildman–Crippen MR) is 259 cm³/mol. The first kappa shape index (κ1) is 48.0. The third kappa shape index (κ3) is 10.1. The molecule has 0 aliphatic carbocycles. The summed E-state index contributed by atoms with van der Waals surface area (Å²) < 4.78 is 48.7. The number of morpholine rings is 1. The van der Waals surface area contributed by atoms with Crippen molar-refractivity contribution in [2.75, 3.05) is 89.3 Å². The highest BCUT2D eigenvalue weighted by Gasteiger charge is 2.38. The van der Waals surface area contributed by atoms with E-state index in [0.29, 0.717) is 68.9 Å². The zero-order chi connectivity index (χ0) is 48.8. The number of halogens is 3. The molecular formula is C50H60F3N11O5S. The number of benzene rings is 2. The molecule has 3 aromatic heterocycles. The van der Waals surface area contributed by atoms with E-state index in [0.717, 1.165) is 111 Å². The fourth-order valence-corrected chi connectivity index (χ4v) is 12.0. The fourth-order valence-electron chi connectivity index (χ4n) is 10.8. The minimum absolute atomic E-state index is 0.00669. The van der Waals surface area contributed by atoms with Gasteiger partial charge in [0.15, 0.2) is 17.3 Å². The van der Waals surface area contributed by atoms with Crippen LogP contribution in [0.4, 0.5) is 24.9 Å². The molecule has 8 heterocycles. The number of aromatic hydroxyl groups is 2. The van der Waals surface area contributed by atoms with E-state index < -0.39 is 17.8 Å². The van der Waals surface area contributed by atoms with Crippen LogP contribution in [0.3, 0.4) is 0 Å². The summed E-state index contributed by atoms with van der Waals surface area (Å²) in [6.45, 7) is 15.1. The van der Waals surface area contributed by atoms with Gasteiger partial charge in [-0.1, -0.05) is 32.0 Å². The maximum atomic E-state index is 14.1. The Bertz CT molecular complexity index is 2740. The lowest BCUT2D eigenvalue weighted by Gasteiger charge is -2.43. The highest BCUT2D eigenvalue weighted by molar-refractivity contribution is 7.19. The number of rotatable bonds is 10. The van der Waals surface area contributed by atoms with Crippen molar-refractivity contribution in [3.05, 3.63) is 81.0 Å². The Morgan fingerprint density at radius 1 is 0.814 bits per heavy atom. The number of alkyl halides is 3. The standard InChI is InChI=1S/C50H60F3N11O5S/c1-30(2)37-23-38(42(66)24-41(37)65)48(68)64-27-33-4-3-31(21-34(33)28-64)26-59-11-7-35(8-12-59)61-13-15-63(16-14-61)47(67)32-5-9-60(10-6-32)29-36-22-40-43(70-36)46(62-17-19-69-20-18-62)58-45(56-40)39-25-55-49(54)57-44(39)50(51,52)53/h3-4,21-25,30,32,35,65-66H,5-20,26-29H2,1-2H3,(H2,54,55,57). The van der Waals surface area contributed by atoms with Crippen LogP contribution in [0.15, 0.2) is 42.6 Å². The number of fused-ring (bicyclic) bond motifs is 2. The van der Waals surface area contributed by atoms with E-state index in [4.69, 9.17) is 10.5 Å². The van der Waals surface area contributed by atoms with Crippen LogP contribution in [0.5, 0.6) is 11.5 Å². The molecule has 16 nitrogen and oxygen atoms in total. The van der Waals surface area contributed by atoms with Gasteiger partial charge in [0.25, 0.3) is 5.91 Å². The van der Waals surface area contributed by atoms with Crippen LogP contribution >= 0.6 is 11.3 Å². The van der Waals surface area contributed by atoms with Crippen molar-refractivity contribution in [3.63, 3.8) is 0 Å². The molecule has 0 bridgehead atoms. The highest BCUT2D eigenvalue weighted by Crippen LogP contribution is 2.40. The van der Waals surface area contributed by atoms with Crippen molar-refractivity contribution in [2.24, 2.45) is 5.92 Å². The molecule has 0 spiro atoms. The summed E-state index contributed by atoms with van der Waals surface area (Å²) >= 11 is 1.55. The van der Waals surface area contributed by atoms with Crippen LogP contribution in [0, 0.1) is 5.92 Å². The first-order valence-electron chi connectivity index (χ1n) is 24.4. The average Bonchev–Trinajstić information content (AvgIpc) is 3.97. The molecule has 0 unspecified atom stereocenters. The molecular weight excluding hydrogens is 924 g/mol. The molecule has 0 radical (unpaired) electrons. The number of carbonyl (C=O) groups excluding carboxylic acids is 2. The van der Waals surface area contributed by atoms with E-state index in [9.17, 15) is 33.0 Å². The van der Waals surface area contributed by atoms with Crippen molar-refractivity contribution in [1.29, 1.82) is 0 Å². The summed E-state index contributed by atoms with van der Waals surface area (Å²) in [6.07, 6.45) is -0.0465. The van der Waals surface area contributed by atoms with Crippen LogP contribution in [-0.2, 0) is 41.9 Å². The first-order valence-corrected chi connectivity index (χ1v) is 25.2. The lowest BCUT2D eigenvalue weighted by molar-refractivity contribution is -0.141. The second-order valence-corrected chi connectivity index (χ2v) is 20.8. The molecule has 4 fully saturated rings. The SMILES string of the molecule is CC(C)c1cc(C(=O)N2Cc3ccc(CN4CCC(N5CCN(C(=O)C6CCN(Cc7cc8nc(-c9cnc(N)nc9C(F)(F)F)nc(N9CCOCC9)c8s7)CC6)CC5)CC4)cc3C2)c(O)cc1O. The largest absolute Gasteiger partial charge is 0.508 e. The van der Waals surface area contributed by atoms with Gasteiger partial charge in [-0.3, -0.25) is 24.3 Å². The number of phenolic OH excluding ortho intramolecular Hbond substituents is 2. The van der Waals surface area contributed by atoms with Crippen molar-refractivity contribution >= 4 is 45.1 Å². The van der Waals surface area contributed by atoms with Gasteiger partial charge in [-0.2, -0.15) is 13.2 Å². The molecule has 70 heavy (non-hydrogen) atoms. The van der Waals surface area contributed by atoms with Gasteiger partial charge in [-0.05, 0) is 92.2 Å². The number of piperazine rings is 1. The molecule has 2 amide bonds. The van der Waals surface area contributed by atoms with Gasteiger partial charge >= 0.3 is 6.18 Å². The Labute approximate surface area is 408 Å². The summed E-state index contributed by atoms with van der Waals surface area (Å²) in [5.41, 5.74) is 8.92. The summed E-state index contributed by atoms with van der Waals surface area (Å²) in [5.74, 6) is -0.247. The maximum Gasteiger partial charge on any atom is 0.434 e. The number of anilines is 2. The molecule has 20 heteroatoms. The van der Waals surface area contributed by atoms with Gasteiger partial charge in [0.2, 0.25) is 11.9 Å². The number of thiophene rings is 1. The van der Waals surface area contributed by atoms with Crippen LogP contribution in [0.2, 0.25) is 0 Å². The fraction of sp³-hybridized carbons (Fsp3) is 0.520. The lowest BCUT2D eigenvalue weighted by Crippen LogP contribution is -2.55. The number of likely N-dealkylation sites (tertiary alicyclic amines) is 2. The molecule has 4 saturated heterocycles. The number of aromatic nitrogens is 4. The van der Waals surface area contributed by atoms with Gasteiger partial charge in [0.05, 0.1) is 34.6 Å². The number of ether oxygens (including phenoxy) is 1. The third-order valence-corrected chi connectivity index (χ3v) is 15.8. The number of carbonyl (C=O) groups is 2. The Morgan fingerprint density at radius 3 is 2.23 bits per heavy atom. The minimum atomic E-state index is -4.78. The van der Waals surface area contributed by atoms with Crippen molar-refractivity contribution < 1.29 is 37.7 Å². The molecule has 0 saturated carbocycles. The van der Waals surface area contributed by atoms with Gasteiger partial charge in [0.1, 0.15) is 11.5 Å². The molecule has 5 aliphatic rings. The Hall–Kier alpha value is -5.67. The van der Waals surface area contributed by atoms with E-state index in [1.54, 1.807) is 22.3 Å². The second kappa shape index (κ2) is 19.9. The maximum absolute atomic E-state index is 14.1. The minimum Gasteiger partial charge on any atom is -0.508 e. The van der Waals surface area contributed by atoms with Crippen LogP contribution in [0.1, 0.15) is 88.6 Å². The van der Waals surface area contributed by atoms with Crippen molar-refractivity contribution in [3.8, 4) is 22.9 Å². The van der Waals surface area contributed by atoms with Gasteiger partial charge in [0, 0.05) is 94.5 Å². The number of amides is 2. The van der Waals surface area contributed by atoms with E-state index in [1.165, 1.54) is 11.6 Å². The van der Waals surface area contributed by atoms with Crippen LogP contribution in [0.25, 0.3) is 21.6 Å². The van der Waals surface area contributed by atoms with Crippen molar-refractivity contribution in [2.45, 2.75) is 83.8 Å². The highest BCUT2D eigenvalue weighted by atomic mass is 32.1. The van der Waals surface area contributed by atoms with Gasteiger partial charge in [-0.25, -0.2) is 19.9 Å². The van der Waals surface area contributed by atoms with Gasteiger partial charge < -0.3 is 35.4 Å². The molecule has 4 N–H and O–H groups in total. The molecule has 5 aromatic rings. The summed E-state index contributed by atoms with van der Waals surface area (Å²) in [5, 5.41) is 20.8. The number of piperidine rings is 2. The van der Waals surface area contributed by atoms with Crippen LogP contribution < -0.4 is 10.6 Å². The Kier molecular flexibility index (Phi) is 13.6. The Morgan fingerprint density at radius 2 is 1.51 bits per heavy atom. The lowest BCUT2D eigenvalue weighted by atomic mass is 9.94. The summed E-state index contributed by atoms with van der Waals surface area (Å²) in [4.78, 5) is 58.3. The zero-order valence-corrected chi connectivity index (χ0v) is 40.4. The Balaban J connectivity index is 0.687. The number of nitrogens with zero attached hydrogens (tertiary/aromatic N) is 10. The molecule has 0 atom stereocenters. The normalized spacial score (nSPS) is 19.4. The monoisotopic (exact) mass is 983 g/mol. The summed E-state index contributed by atoms with van der Waals surface area (Å²) in [6, 6.07) is 11.8. The third-order valence-electron chi connectivity index (χ3n) is 14.7.